The van der Waals surface area contributed by atoms with E-state index in [1.54, 1.807) is 0 Å². The van der Waals surface area contributed by atoms with Gasteiger partial charge >= 0.3 is 0 Å². The van der Waals surface area contributed by atoms with E-state index >= 15 is 0 Å². The zero-order valence-electron chi connectivity index (χ0n) is 12.2. The molecule has 0 aromatic carbocycles. The molecule has 2 unspecified atom stereocenters. The van der Waals surface area contributed by atoms with Crippen molar-refractivity contribution in [2.75, 3.05) is 6.61 Å². The average molecular weight is 241 g/mol. The van der Waals surface area contributed by atoms with E-state index in [1.807, 2.05) is 0 Å². The molecule has 17 heavy (non-hydrogen) atoms. The van der Waals surface area contributed by atoms with Crippen LogP contribution in [0.15, 0.2) is 0 Å². The second kappa shape index (κ2) is 7.38. The van der Waals surface area contributed by atoms with Crippen molar-refractivity contribution in [3.05, 3.63) is 0 Å². The van der Waals surface area contributed by atoms with Gasteiger partial charge in [-0.05, 0) is 40.0 Å². The Morgan fingerprint density at radius 3 is 2.71 bits per heavy atom. The third-order valence-electron chi connectivity index (χ3n) is 3.71. The Balaban J connectivity index is 2.15. The van der Waals surface area contributed by atoms with Gasteiger partial charge in [0.1, 0.15) is 0 Å². The lowest BCUT2D eigenvalue weighted by Gasteiger charge is -2.37. The molecule has 1 aliphatic heterocycles. The van der Waals surface area contributed by atoms with Crippen LogP contribution >= 0.6 is 0 Å². The minimum absolute atomic E-state index is 0.0673. The number of unbranched alkanes of at least 4 members (excludes halogenated alkanes) is 3. The summed E-state index contributed by atoms with van der Waals surface area (Å²) in [6, 6.07) is 1.31. The first-order valence-corrected chi connectivity index (χ1v) is 7.43. The highest BCUT2D eigenvalue weighted by atomic mass is 16.5. The van der Waals surface area contributed by atoms with Crippen molar-refractivity contribution in [3.63, 3.8) is 0 Å². The van der Waals surface area contributed by atoms with Gasteiger partial charge in [-0.2, -0.15) is 0 Å². The van der Waals surface area contributed by atoms with Gasteiger partial charge in [-0.15, -0.1) is 0 Å². The average Bonchev–Trinajstić information content (AvgIpc) is 2.23. The van der Waals surface area contributed by atoms with Crippen LogP contribution in [0, 0.1) is 0 Å². The molecule has 0 saturated carbocycles. The molecule has 1 N–H and O–H groups in total. The van der Waals surface area contributed by atoms with E-state index in [4.69, 9.17) is 4.74 Å². The van der Waals surface area contributed by atoms with Crippen LogP contribution in [0.25, 0.3) is 0 Å². The SMILES string of the molecule is CCCCCCC(C)NC1CCOC(C)(C)C1. The predicted molar refractivity (Wildman–Crippen MR) is 74.4 cm³/mol. The maximum atomic E-state index is 5.75. The fourth-order valence-corrected chi connectivity index (χ4v) is 2.74. The summed E-state index contributed by atoms with van der Waals surface area (Å²) in [6.07, 6.45) is 9.11. The Bertz CT molecular complexity index is 203. The minimum atomic E-state index is 0.0673. The largest absolute Gasteiger partial charge is 0.375 e. The number of ether oxygens (including phenoxy) is 1. The highest BCUT2D eigenvalue weighted by molar-refractivity contribution is 4.84. The summed E-state index contributed by atoms with van der Waals surface area (Å²) in [5.74, 6) is 0. The number of hydrogen-bond acceptors (Lipinski definition) is 2. The first-order valence-electron chi connectivity index (χ1n) is 7.43. The quantitative estimate of drug-likeness (QED) is 0.683. The van der Waals surface area contributed by atoms with Crippen molar-refractivity contribution in [3.8, 4) is 0 Å². The molecule has 1 rings (SSSR count). The molecule has 0 radical (unpaired) electrons. The van der Waals surface area contributed by atoms with Crippen LogP contribution in [0.4, 0.5) is 0 Å². The van der Waals surface area contributed by atoms with E-state index in [0.717, 1.165) is 13.0 Å². The molecule has 102 valence electrons. The molecule has 1 fully saturated rings. The van der Waals surface area contributed by atoms with Gasteiger partial charge < -0.3 is 10.1 Å². The van der Waals surface area contributed by atoms with Gasteiger partial charge in [-0.1, -0.05) is 32.6 Å². The van der Waals surface area contributed by atoms with Crippen LogP contribution in [0.1, 0.15) is 72.6 Å². The van der Waals surface area contributed by atoms with Gasteiger partial charge in [-0.3, -0.25) is 0 Å². The number of rotatable bonds is 7. The Kier molecular flexibility index (Phi) is 6.50. The molecule has 1 aliphatic rings. The molecule has 1 heterocycles. The van der Waals surface area contributed by atoms with E-state index in [0.29, 0.717) is 12.1 Å². The van der Waals surface area contributed by atoms with Crippen LogP contribution in [-0.2, 0) is 4.74 Å². The standard InChI is InChI=1S/C15H31NO/c1-5-6-7-8-9-13(2)16-14-10-11-17-15(3,4)12-14/h13-14,16H,5-12H2,1-4H3. The lowest BCUT2D eigenvalue weighted by molar-refractivity contribution is -0.0640. The molecule has 0 aromatic heterocycles. The zero-order chi connectivity index (χ0) is 12.7. The van der Waals surface area contributed by atoms with Crippen LogP contribution < -0.4 is 5.32 Å². The summed E-state index contributed by atoms with van der Waals surface area (Å²) in [6.45, 7) is 9.91. The van der Waals surface area contributed by atoms with Gasteiger partial charge in [0.05, 0.1) is 5.60 Å². The third-order valence-corrected chi connectivity index (χ3v) is 3.71. The first kappa shape index (κ1) is 15.0. The second-order valence-corrected chi connectivity index (χ2v) is 6.21. The van der Waals surface area contributed by atoms with E-state index < -0.39 is 0 Å². The van der Waals surface area contributed by atoms with Gasteiger partial charge in [0.25, 0.3) is 0 Å². The maximum absolute atomic E-state index is 5.75. The summed E-state index contributed by atoms with van der Waals surface area (Å²) in [5, 5.41) is 3.77. The molecule has 2 atom stereocenters. The molecule has 0 aliphatic carbocycles. The van der Waals surface area contributed by atoms with Gasteiger partial charge in [0.2, 0.25) is 0 Å². The topological polar surface area (TPSA) is 21.3 Å². The van der Waals surface area contributed by atoms with Crippen molar-refractivity contribution in [1.82, 2.24) is 5.32 Å². The van der Waals surface area contributed by atoms with Crippen LogP contribution in [-0.4, -0.2) is 24.3 Å². The Morgan fingerprint density at radius 1 is 1.29 bits per heavy atom. The minimum Gasteiger partial charge on any atom is -0.375 e. The Morgan fingerprint density at radius 2 is 2.06 bits per heavy atom. The molecule has 0 amide bonds. The van der Waals surface area contributed by atoms with Crippen LogP contribution in [0.3, 0.4) is 0 Å². The molecule has 0 spiro atoms. The fourth-order valence-electron chi connectivity index (χ4n) is 2.74. The number of hydrogen-bond donors (Lipinski definition) is 1. The second-order valence-electron chi connectivity index (χ2n) is 6.21. The summed E-state index contributed by atoms with van der Waals surface area (Å²) in [4.78, 5) is 0. The zero-order valence-corrected chi connectivity index (χ0v) is 12.2. The molecular formula is C15H31NO. The van der Waals surface area contributed by atoms with Crippen molar-refractivity contribution < 1.29 is 4.74 Å². The monoisotopic (exact) mass is 241 g/mol. The summed E-state index contributed by atoms with van der Waals surface area (Å²) in [5.41, 5.74) is 0.0673. The Labute approximate surface area is 108 Å². The van der Waals surface area contributed by atoms with E-state index in [1.165, 1.54) is 38.5 Å². The van der Waals surface area contributed by atoms with E-state index in [2.05, 4.69) is 33.0 Å². The van der Waals surface area contributed by atoms with Crippen molar-refractivity contribution in [1.29, 1.82) is 0 Å². The van der Waals surface area contributed by atoms with Crippen molar-refractivity contribution in [2.45, 2.75) is 90.3 Å². The summed E-state index contributed by atoms with van der Waals surface area (Å²) < 4.78 is 5.75. The van der Waals surface area contributed by atoms with E-state index in [-0.39, 0.29) is 5.60 Å². The molecule has 2 nitrogen and oxygen atoms in total. The third kappa shape index (κ3) is 6.42. The highest BCUT2D eigenvalue weighted by Crippen LogP contribution is 2.24. The predicted octanol–water partition coefficient (Wildman–Crippen LogP) is 3.89. The van der Waals surface area contributed by atoms with Gasteiger partial charge in [-0.25, -0.2) is 0 Å². The van der Waals surface area contributed by atoms with Gasteiger partial charge in [0, 0.05) is 18.7 Å². The molecule has 0 bridgehead atoms. The summed E-state index contributed by atoms with van der Waals surface area (Å²) >= 11 is 0. The maximum Gasteiger partial charge on any atom is 0.0641 e. The van der Waals surface area contributed by atoms with Crippen LogP contribution in [0.5, 0.6) is 0 Å². The number of nitrogens with one attached hydrogen (secondary N) is 1. The normalized spacial score (nSPS) is 25.8. The fraction of sp³-hybridized carbons (Fsp3) is 1.00. The smallest absolute Gasteiger partial charge is 0.0641 e. The first-order chi connectivity index (χ1) is 8.03. The van der Waals surface area contributed by atoms with Crippen molar-refractivity contribution in [2.24, 2.45) is 0 Å². The molecule has 0 aromatic rings. The molecule has 2 heteroatoms. The lowest BCUT2D eigenvalue weighted by atomic mass is 9.93. The Hall–Kier alpha value is -0.0800. The lowest BCUT2D eigenvalue weighted by Crippen LogP contribution is -2.46. The van der Waals surface area contributed by atoms with Gasteiger partial charge in [0.15, 0.2) is 0 Å². The van der Waals surface area contributed by atoms with Crippen molar-refractivity contribution >= 4 is 0 Å². The highest BCUT2D eigenvalue weighted by Gasteiger charge is 2.29. The summed E-state index contributed by atoms with van der Waals surface area (Å²) in [7, 11) is 0. The van der Waals surface area contributed by atoms with Crippen LogP contribution in [0.2, 0.25) is 0 Å². The molecular weight excluding hydrogens is 210 g/mol. The molecule has 1 saturated heterocycles. The van der Waals surface area contributed by atoms with E-state index in [9.17, 15) is 0 Å².